The van der Waals surface area contributed by atoms with Gasteiger partial charge in [-0.2, -0.15) is 0 Å². The molecule has 6 nitrogen and oxygen atoms in total. The van der Waals surface area contributed by atoms with Crippen LogP contribution in [0.3, 0.4) is 0 Å². The van der Waals surface area contributed by atoms with Crippen molar-refractivity contribution in [3.05, 3.63) is 59.9 Å². The minimum absolute atomic E-state index is 0.0393. The Labute approximate surface area is 172 Å². The van der Waals surface area contributed by atoms with Crippen molar-refractivity contribution in [2.24, 2.45) is 5.92 Å². The van der Waals surface area contributed by atoms with Gasteiger partial charge in [0, 0.05) is 27.2 Å². The Kier molecular flexibility index (Phi) is 6.52. The Morgan fingerprint density at radius 3 is 2.41 bits per heavy atom. The number of amides is 2. The van der Waals surface area contributed by atoms with E-state index in [2.05, 4.69) is 24.1 Å². The van der Waals surface area contributed by atoms with E-state index in [-0.39, 0.29) is 29.7 Å². The van der Waals surface area contributed by atoms with E-state index in [1.165, 1.54) is 0 Å². The maximum atomic E-state index is 13.2. The Bertz CT molecular complexity index is 834. The monoisotopic (exact) mass is 394 g/mol. The van der Waals surface area contributed by atoms with E-state index in [0.717, 1.165) is 24.2 Å². The zero-order chi connectivity index (χ0) is 21.0. The van der Waals surface area contributed by atoms with E-state index < -0.39 is 0 Å². The first kappa shape index (κ1) is 20.8. The molecule has 2 amide bonds. The summed E-state index contributed by atoms with van der Waals surface area (Å²) < 4.78 is 0. The van der Waals surface area contributed by atoms with Crippen molar-refractivity contribution >= 4 is 17.5 Å². The number of aromatic nitrogens is 1. The lowest BCUT2D eigenvalue weighted by atomic mass is 9.85. The SMILES string of the molecule is CC(C)C(C(=O)N1CCC1CNC(=O)c1ccc(N(C)C)cn1)c1ccccc1. The molecule has 1 fully saturated rings. The third kappa shape index (κ3) is 4.75. The molecule has 1 aromatic carbocycles. The fourth-order valence-electron chi connectivity index (χ4n) is 3.68. The second kappa shape index (κ2) is 9.07. The van der Waals surface area contributed by atoms with Crippen LogP contribution in [-0.4, -0.2) is 54.9 Å². The van der Waals surface area contributed by atoms with Gasteiger partial charge in [-0.15, -0.1) is 0 Å². The fraction of sp³-hybridized carbons (Fsp3) is 0.435. The molecule has 3 rings (SSSR count). The number of nitrogens with one attached hydrogen (secondary N) is 1. The third-order valence-corrected chi connectivity index (χ3v) is 5.51. The van der Waals surface area contributed by atoms with E-state index in [1.54, 1.807) is 12.3 Å². The van der Waals surface area contributed by atoms with E-state index in [4.69, 9.17) is 0 Å². The molecule has 1 aliphatic heterocycles. The summed E-state index contributed by atoms with van der Waals surface area (Å²) in [5, 5.41) is 2.93. The highest BCUT2D eigenvalue weighted by atomic mass is 16.2. The van der Waals surface area contributed by atoms with Crippen molar-refractivity contribution < 1.29 is 9.59 Å². The molecule has 1 N–H and O–H groups in total. The van der Waals surface area contributed by atoms with Crippen LogP contribution in [0, 0.1) is 5.92 Å². The van der Waals surface area contributed by atoms with Gasteiger partial charge in [-0.05, 0) is 30.0 Å². The van der Waals surface area contributed by atoms with Gasteiger partial charge in [-0.25, -0.2) is 4.98 Å². The molecule has 2 unspecified atom stereocenters. The van der Waals surface area contributed by atoms with Gasteiger partial charge in [0.1, 0.15) is 5.69 Å². The van der Waals surface area contributed by atoms with Gasteiger partial charge in [0.25, 0.3) is 5.91 Å². The quantitative estimate of drug-likeness (QED) is 0.784. The lowest BCUT2D eigenvalue weighted by Gasteiger charge is -2.43. The molecule has 1 aromatic heterocycles. The van der Waals surface area contributed by atoms with Crippen molar-refractivity contribution in [3.63, 3.8) is 0 Å². The second-order valence-electron chi connectivity index (χ2n) is 8.11. The lowest BCUT2D eigenvalue weighted by Crippen LogP contribution is -2.57. The maximum absolute atomic E-state index is 13.2. The molecule has 0 aliphatic carbocycles. The number of rotatable bonds is 7. The highest BCUT2D eigenvalue weighted by Crippen LogP contribution is 2.30. The molecule has 1 saturated heterocycles. The molecular weight excluding hydrogens is 364 g/mol. The molecule has 2 atom stereocenters. The molecule has 2 aromatic rings. The topological polar surface area (TPSA) is 65.5 Å². The Hall–Kier alpha value is -2.89. The molecule has 6 heteroatoms. The molecule has 0 spiro atoms. The first-order chi connectivity index (χ1) is 13.9. The average Bonchev–Trinajstić information content (AvgIpc) is 2.67. The van der Waals surface area contributed by atoms with E-state index in [9.17, 15) is 9.59 Å². The average molecular weight is 395 g/mol. The highest BCUT2D eigenvalue weighted by molar-refractivity contribution is 5.92. The van der Waals surface area contributed by atoms with Gasteiger partial charge in [0.15, 0.2) is 0 Å². The number of nitrogens with zero attached hydrogens (tertiary/aromatic N) is 3. The second-order valence-corrected chi connectivity index (χ2v) is 8.11. The van der Waals surface area contributed by atoms with Crippen LogP contribution >= 0.6 is 0 Å². The van der Waals surface area contributed by atoms with Crippen LogP contribution in [0.4, 0.5) is 5.69 Å². The smallest absolute Gasteiger partial charge is 0.269 e. The summed E-state index contributed by atoms with van der Waals surface area (Å²) in [6.45, 7) is 5.34. The van der Waals surface area contributed by atoms with Crippen molar-refractivity contribution in [2.45, 2.75) is 32.2 Å². The normalized spacial score (nSPS) is 16.9. The van der Waals surface area contributed by atoms with Crippen LogP contribution in [0.15, 0.2) is 48.7 Å². The van der Waals surface area contributed by atoms with Gasteiger partial charge in [-0.3, -0.25) is 9.59 Å². The lowest BCUT2D eigenvalue weighted by molar-refractivity contribution is -0.141. The van der Waals surface area contributed by atoms with Crippen molar-refractivity contribution in [1.29, 1.82) is 0 Å². The summed E-state index contributed by atoms with van der Waals surface area (Å²) >= 11 is 0. The molecule has 0 saturated carbocycles. The van der Waals surface area contributed by atoms with Crippen LogP contribution in [0.1, 0.15) is 42.2 Å². The highest BCUT2D eigenvalue weighted by Gasteiger charge is 2.37. The van der Waals surface area contributed by atoms with E-state index >= 15 is 0 Å². The van der Waals surface area contributed by atoms with Crippen molar-refractivity contribution in [3.8, 4) is 0 Å². The minimum Gasteiger partial charge on any atom is -0.376 e. The first-order valence-corrected chi connectivity index (χ1v) is 10.2. The summed E-state index contributed by atoms with van der Waals surface area (Å²) in [5.41, 5.74) is 2.38. The van der Waals surface area contributed by atoms with Crippen LogP contribution < -0.4 is 10.2 Å². The van der Waals surface area contributed by atoms with Crippen LogP contribution in [0.2, 0.25) is 0 Å². The minimum atomic E-state index is -0.210. The number of likely N-dealkylation sites (tertiary alicyclic amines) is 1. The zero-order valence-corrected chi connectivity index (χ0v) is 17.6. The molecule has 1 aliphatic rings. The summed E-state index contributed by atoms with van der Waals surface area (Å²) in [6.07, 6.45) is 2.58. The maximum Gasteiger partial charge on any atom is 0.269 e. The Morgan fingerprint density at radius 1 is 1.17 bits per heavy atom. The summed E-state index contributed by atoms with van der Waals surface area (Å²) in [4.78, 5) is 33.7. The summed E-state index contributed by atoms with van der Waals surface area (Å²) in [6, 6.07) is 13.6. The fourth-order valence-corrected chi connectivity index (χ4v) is 3.68. The van der Waals surface area contributed by atoms with Gasteiger partial charge in [0.05, 0.1) is 23.8 Å². The molecule has 0 bridgehead atoms. The summed E-state index contributed by atoms with van der Waals surface area (Å²) in [5.74, 6) is -0.0154. The number of benzene rings is 1. The van der Waals surface area contributed by atoms with E-state index in [0.29, 0.717) is 12.2 Å². The number of pyridine rings is 1. The predicted molar refractivity (Wildman–Crippen MR) is 115 cm³/mol. The number of carbonyl (C=O) groups is 2. The molecule has 154 valence electrons. The van der Waals surface area contributed by atoms with Crippen LogP contribution in [0.5, 0.6) is 0 Å². The number of anilines is 1. The predicted octanol–water partition coefficient (Wildman–Crippen LogP) is 2.92. The van der Waals surface area contributed by atoms with Crippen molar-refractivity contribution in [1.82, 2.24) is 15.2 Å². The molecule has 2 heterocycles. The van der Waals surface area contributed by atoms with Gasteiger partial charge >= 0.3 is 0 Å². The standard InChI is InChI=1S/C23H30N4O2/c1-16(2)21(17-8-6-5-7-9-17)23(29)27-13-12-19(27)15-25-22(28)20-11-10-18(14-24-20)26(3)4/h5-11,14,16,19,21H,12-13,15H2,1-4H3,(H,25,28). The Balaban J connectivity index is 1.60. The molecular formula is C23H30N4O2. The third-order valence-electron chi connectivity index (χ3n) is 5.51. The first-order valence-electron chi connectivity index (χ1n) is 10.2. The largest absolute Gasteiger partial charge is 0.376 e. The number of hydrogen-bond donors (Lipinski definition) is 1. The van der Waals surface area contributed by atoms with Crippen LogP contribution in [-0.2, 0) is 4.79 Å². The van der Waals surface area contributed by atoms with E-state index in [1.807, 2.05) is 60.3 Å². The molecule has 0 radical (unpaired) electrons. The zero-order valence-electron chi connectivity index (χ0n) is 17.6. The summed E-state index contributed by atoms with van der Waals surface area (Å²) in [7, 11) is 3.86. The number of carbonyl (C=O) groups excluding carboxylic acids is 2. The van der Waals surface area contributed by atoms with Gasteiger partial charge < -0.3 is 15.1 Å². The van der Waals surface area contributed by atoms with Gasteiger partial charge in [-0.1, -0.05) is 44.2 Å². The van der Waals surface area contributed by atoms with Gasteiger partial charge in [0.2, 0.25) is 5.91 Å². The van der Waals surface area contributed by atoms with Crippen molar-refractivity contribution in [2.75, 3.05) is 32.1 Å². The molecule has 29 heavy (non-hydrogen) atoms. The number of hydrogen-bond acceptors (Lipinski definition) is 4. The Morgan fingerprint density at radius 2 is 1.90 bits per heavy atom. The van der Waals surface area contributed by atoms with Crippen LogP contribution in [0.25, 0.3) is 0 Å².